The van der Waals surface area contributed by atoms with Crippen LogP contribution in [0.25, 0.3) is 0 Å². The van der Waals surface area contributed by atoms with Gasteiger partial charge in [0.25, 0.3) is 5.91 Å². The van der Waals surface area contributed by atoms with E-state index in [0.29, 0.717) is 35.8 Å². The third kappa shape index (κ3) is 6.04. The van der Waals surface area contributed by atoms with E-state index < -0.39 is 11.9 Å². The van der Waals surface area contributed by atoms with Crippen LogP contribution in [0.15, 0.2) is 72.8 Å². The molecule has 1 aliphatic rings. The van der Waals surface area contributed by atoms with Crippen LogP contribution in [0.2, 0.25) is 0 Å². The molecule has 1 aliphatic heterocycles. The molecule has 0 saturated heterocycles. The lowest BCUT2D eigenvalue weighted by Gasteiger charge is -2.13. The third-order valence-corrected chi connectivity index (χ3v) is 5.05. The number of fused-ring (bicyclic) bond motifs is 1. The van der Waals surface area contributed by atoms with Crippen LogP contribution in [0, 0.1) is 0 Å². The Kier molecular flexibility index (Phi) is 7.24. The minimum absolute atomic E-state index is 0.175. The number of rotatable bonds is 8. The van der Waals surface area contributed by atoms with E-state index in [9.17, 15) is 14.4 Å². The van der Waals surface area contributed by atoms with Crippen LogP contribution in [-0.4, -0.2) is 31.2 Å². The smallest absolute Gasteiger partial charge is 0.321 e. The molecule has 0 spiro atoms. The second-order valence-corrected chi connectivity index (χ2v) is 7.49. The Morgan fingerprint density at radius 1 is 0.765 bits per heavy atom. The molecule has 0 aromatic heterocycles. The molecule has 0 saturated carbocycles. The number of para-hydroxylation sites is 1. The Morgan fingerprint density at radius 2 is 1.50 bits per heavy atom. The second-order valence-electron chi connectivity index (χ2n) is 7.49. The first kappa shape index (κ1) is 22.7. The molecule has 34 heavy (non-hydrogen) atoms. The minimum atomic E-state index is -0.592. The highest BCUT2D eigenvalue weighted by Gasteiger charge is 2.15. The maximum absolute atomic E-state index is 12.7. The molecule has 9 heteroatoms. The van der Waals surface area contributed by atoms with Crippen molar-refractivity contribution in [3.8, 4) is 11.5 Å². The summed E-state index contributed by atoms with van der Waals surface area (Å²) in [6.07, 6.45) is 0. The van der Waals surface area contributed by atoms with E-state index in [2.05, 4.69) is 21.3 Å². The number of anilines is 1. The van der Waals surface area contributed by atoms with Crippen molar-refractivity contribution in [3.63, 3.8) is 0 Å². The second kappa shape index (κ2) is 10.9. The van der Waals surface area contributed by atoms with E-state index in [1.165, 1.54) is 0 Å². The van der Waals surface area contributed by atoms with E-state index >= 15 is 0 Å². The molecular weight excluding hydrogens is 436 g/mol. The Bertz CT molecular complexity index is 1180. The predicted octanol–water partition coefficient (Wildman–Crippen LogP) is 2.78. The topological polar surface area (TPSA) is 118 Å². The van der Waals surface area contributed by atoms with Gasteiger partial charge in [0, 0.05) is 18.8 Å². The average molecular weight is 460 g/mol. The summed E-state index contributed by atoms with van der Waals surface area (Å²) in [6.45, 7) is 0.614. The van der Waals surface area contributed by atoms with Gasteiger partial charge >= 0.3 is 6.03 Å². The third-order valence-electron chi connectivity index (χ3n) is 5.05. The molecular formula is C25H24N4O5. The lowest BCUT2D eigenvalue weighted by Crippen LogP contribution is -2.41. The number of amides is 4. The van der Waals surface area contributed by atoms with Crippen LogP contribution in [-0.2, 0) is 17.9 Å². The van der Waals surface area contributed by atoms with Crippen LogP contribution < -0.4 is 30.7 Å². The summed E-state index contributed by atoms with van der Waals surface area (Å²) in [5, 5.41) is 10.7. The molecule has 1 heterocycles. The number of hydrogen-bond acceptors (Lipinski definition) is 6. The van der Waals surface area contributed by atoms with Gasteiger partial charge in [-0.05, 0) is 35.4 Å². The average Bonchev–Trinajstić information content (AvgIpc) is 3.33. The van der Waals surface area contributed by atoms with Gasteiger partial charge in [-0.3, -0.25) is 14.9 Å². The van der Waals surface area contributed by atoms with Gasteiger partial charge in [-0.1, -0.05) is 48.5 Å². The van der Waals surface area contributed by atoms with E-state index in [-0.39, 0.29) is 19.2 Å². The number of imide groups is 1. The summed E-state index contributed by atoms with van der Waals surface area (Å²) in [4.78, 5) is 36.9. The molecule has 0 bridgehead atoms. The van der Waals surface area contributed by atoms with Crippen molar-refractivity contribution < 1.29 is 23.9 Å². The molecule has 0 atom stereocenters. The molecule has 3 aromatic carbocycles. The van der Waals surface area contributed by atoms with Crippen molar-refractivity contribution in [1.82, 2.24) is 16.0 Å². The number of ether oxygens (including phenoxy) is 2. The summed E-state index contributed by atoms with van der Waals surface area (Å²) < 4.78 is 10.7. The van der Waals surface area contributed by atoms with Crippen LogP contribution in [0.1, 0.15) is 21.5 Å². The van der Waals surface area contributed by atoms with Crippen molar-refractivity contribution in [2.24, 2.45) is 0 Å². The number of carbonyl (C=O) groups excluding carboxylic acids is 3. The normalized spacial score (nSPS) is 11.4. The Balaban J connectivity index is 1.26. The van der Waals surface area contributed by atoms with E-state index in [0.717, 1.165) is 11.1 Å². The fourth-order valence-electron chi connectivity index (χ4n) is 3.33. The zero-order chi connectivity index (χ0) is 23.8. The molecule has 3 aromatic rings. The standard InChI is InChI=1S/C25H24N4O5/c30-23(29-25(32)28-13-17-6-2-1-3-7-17)15-26-20-9-5-4-8-19(20)24(31)27-14-18-10-11-21-22(12-18)34-16-33-21/h1-12,26H,13-16H2,(H,27,31)(H2,28,29,30,32). The van der Waals surface area contributed by atoms with Crippen LogP contribution in [0.5, 0.6) is 11.5 Å². The van der Waals surface area contributed by atoms with Crippen molar-refractivity contribution in [2.75, 3.05) is 18.7 Å². The first-order valence-electron chi connectivity index (χ1n) is 10.7. The van der Waals surface area contributed by atoms with Gasteiger partial charge in [-0.25, -0.2) is 4.79 Å². The molecule has 174 valence electrons. The zero-order valence-corrected chi connectivity index (χ0v) is 18.3. The summed E-state index contributed by atoms with van der Waals surface area (Å²) >= 11 is 0. The van der Waals surface area contributed by atoms with Crippen molar-refractivity contribution in [1.29, 1.82) is 0 Å². The molecule has 0 aliphatic carbocycles. The fraction of sp³-hybridized carbons (Fsp3) is 0.160. The summed E-state index contributed by atoms with van der Waals surface area (Å²) in [7, 11) is 0. The maximum Gasteiger partial charge on any atom is 0.321 e. The lowest BCUT2D eigenvalue weighted by molar-refractivity contribution is -0.118. The van der Waals surface area contributed by atoms with Crippen molar-refractivity contribution in [2.45, 2.75) is 13.1 Å². The number of benzene rings is 3. The first-order chi connectivity index (χ1) is 16.6. The Labute approximate surface area is 196 Å². The number of urea groups is 1. The molecule has 0 unspecified atom stereocenters. The number of carbonyl (C=O) groups is 3. The van der Waals surface area contributed by atoms with Gasteiger partial charge in [0.1, 0.15) is 0 Å². The number of hydrogen-bond donors (Lipinski definition) is 4. The molecule has 0 radical (unpaired) electrons. The highest BCUT2D eigenvalue weighted by atomic mass is 16.7. The monoisotopic (exact) mass is 460 g/mol. The highest BCUT2D eigenvalue weighted by molar-refractivity contribution is 6.01. The van der Waals surface area contributed by atoms with Crippen LogP contribution in [0.4, 0.5) is 10.5 Å². The molecule has 0 fully saturated rings. The van der Waals surface area contributed by atoms with Gasteiger partial charge in [0.15, 0.2) is 11.5 Å². The van der Waals surface area contributed by atoms with Crippen molar-refractivity contribution in [3.05, 3.63) is 89.5 Å². The largest absolute Gasteiger partial charge is 0.454 e. The number of nitrogens with one attached hydrogen (secondary N) is 4. The minimum Gasteiger partial charge on any atom is -0.454 e. The molecule has 4 rings (SSSR count). The Hall–Kier alpha value is -4.53. The summed E-state index contributed by atoms with van der Waals surface area (Å²) in [5.74, 6) is 0.493. The lowest BCUT2D eigenvalue weighted by atomic mass is 10.1. The predicted molar refractivity (Wildman–Crippen MR) is 125 cm³/mol. The summed E-state index contributed by atoms with van der Waals surface area (Å²) in [5.41, 5.74) is 2.64. The van der Waals surface area contributed by atoms with E-state index in [4.69, 9.17) is 9.47 Å². The van der Waals surface area contributed by atoms with E-state index in [1.54, 1.807) is 30.3 Å². The van der Waals surface area contributed by atoms with Gasteiger partial charge in [-0.15, -0.1) is 0 Å². The SMILES string of the molecule is O=C(CNc1ccccc1C(=O)NCc1ccc2c(c1)OCO2)NC(=O)NCc1ccccc1. The quantitative estimate of drug-likeness (QED) is 0.411. The van der Waals surface area contributed by atoms with Gasteiger partial charge in [0.05, 0.1) is 12.1 Å². The molecule has 4 amide bonds. The maximum atomic E-state index is 12.7. The zero-order valence-electron chi connectivity index (χ0n) is 18.3. The molecule has 9 nitrogen and oxygen atoms in total. The van der Waals surface area contributed by atoms with Crippen LogP contribution in [0.3, 0.4) is 0 Å². The van der Waals surface area contributed by atoms with Gasteiger partial charge < -0.3 is 25.4 Å². The van der Waals surface area contributed by atoms with Gasteiger partial charge in [-0.2, -0.15) is 0 Å². The summed E-state index contributed by atoms with van der Waals surface area (Å²) in [6, 6.07) is 21.1. The van der Waals surface area contributed by atoms with Gasteiger partial charge in [0.2, 0.25) is 12.7 Å². The first-order valence-corrected chi connectivity index (χ1v) is 10.7. The van der Waals surface area contributed by atoms with E-state index in [1.807, 2.05) is 42.5 Å². The highest BCUT2D eigenvalue weighted by Crippen LogP contribution is 2.32. The molecule has 4 N–H and O–H groups in total. The van der Waals surface area contributed by atoms with Crippen molar-refractivity contribution >= 4 is 23.5 Å². The fourth-order valence-corrected chi connectivity index (χ4v) is 3.33. The van der Waals surface area contributed by atoms with Crippen LogP contribution >= 0.6 is 0 Å². The Morgan fingerprint density at radius 3 is 2.35 bits per heavy atom.